The Bertz CT molecular complexity index is 1450. The van der Waals surface area contributed by atoms with Crippen molar-refractivity contribution in [1.82, 2.24) is 24.1 Å². The van der Waals surface area contributed by atoms with Gasteiger partial charge in [0.15, 0.2) is 0 Å². The monoisotopic (exact) mass is 453 g/mol. The molecule has 0 N–H and O–H groups in total. The molecule has 1 aliphatic carbocycles. The normalized spacial score (nSPS) is 18.6. The number of hydrogen-bond donors (Lipinski definition) is 0. The van der Waals surface area contributed by atoms with Crippen LogP contribution in [-0.2, 0) is 11.3 Å². The second kappa shape index (κ2) is 8.57. The summed E-state index contributed by atoms with van der Waals surface area (Å²) in [7, 11) is 1.73. The standard InChI is InChI=1S/C27H27N5O2/c1-34-25-10-5-4-9-24(25)32-27(33)22-18-30(23-8-3-2-7-21(23)26(22)29-32)17-19-11-13-20(14-12-19)31-16-6-15-28-31/h2-3,6-8,11-16,18,24-25H,4-5,9-10,17H2,1H3/t24-,25-/m0/s1. The van der Waals surface area contributed by atoms with E-state index in [-0.39, 0.29) is 17.7 Å². The number of rotatable bonds is 5. The number of para-hydroxylation sites is 1. The van der Waals surface area contributed by atoms with Crippen molar-refractivity contribution >= 4 is 10.9 Å². The van der Waals surface area contributed by atoms with E-state index in [1.54, 1.807) is 18.0 Å². The van der Waals surface area contributed by atoms with Gasteiger partial charge in [0.2, 0.25) is 0 Å². The summed E-state index contributed by atoms with van der Waals surface area (Å²) in [6, 6.07) is 18.4. The molecule has 3 aromatic rings. The predicted octanol–water partition coefficient (Wildman–Crippen LogP) is 4.67. The van der Waals surface area contributed by atoms with Crippen molar-refractivity contribution in [3.8, 4) is 16.9 Å². The number of ether oxygens (including phenoxy) is 1. The zero-order chi connectivity index (χ0) is 23.1. The van der Waals surface area contributed by atoms with E-state index in [4.69, 9.17) is 9.84 Å². The average Bonchev–Trinajstić information content (AvgIpc) is 3.54. The highest BCUT2D eigenvalue weighted by Crippen LogP contribution is 2.33. The van der Waals surface area contributed by atoms with Crippen molar-refractivity contribution in [2.75, 3.05) is 7.11 Å². The maximum Gasteiger partial charge on any atom is 0.278 e. The van der Waals surface area contributed by atoms with Crippen LogP contribution in [0.1, 0.15) is 37.3 Å². The van der Waals surface area contributed by atoms with Crippen molar-refractivity contribution in [2.24, 2.45) is 0 Å². The maximum atomic E-state index is 13.5. The third-order valence-electron chi connectivity index (χ3n) is 7.00. The lowest BCUT2D eigenvalue weighted by atomic mass is 9.92. The summed E-state index contributed by atoms with van der Waals surface area (Å²) in [4.78, 5) is 13.5. The minimum atomic E-state index is -0.0301. The number of aromatic nitrogens is 5. The first-order valence-corrected chi connectivity index (χ1v) is 11.8. The number of nitrogens with zero attached hydrogens (tertiary/aromatic N) is 5. The summed E-state index contributed by atoms with van der Waals surface area (Å²) in [5.74, 6) is 0. The van der Waals surface area contributed by atoms with Gasteiger partial charge >= 0.3 is 0 Å². The lowest BCUT2D eigenvalue weighted by Crippen LogP contribution is -2.34. The van der Waals surface area contributed by atoms with E-state index in [0.29, 0.717) is 12.1 Å². The van der Waals surface area contributed by atoms with Crippen LogP contribution in [0, 0.1) is 0 Å². The Balaban J connectivity index is 1.43. The maximum absolute atomic E-state index is 13.5. The Morgan fingerprint density at radius 1 is 1.03 bits per heavy atom. The summed E-state index contributed by atoms with van der Waals surface area (Å²) >= 11 is 0. The van der Waals surface area contributed by atoms with Crippen LogP contribution in [0.2, 0.25) is 0 Å². The highest BCUT2D eigenvalue weighted by atomic mass is 16.5. The zero-order valence-electron chi connectivity index (χ0n) is 19.2. The van der Waals surface area contributed by atoms with Crippen LogP contribution < -0.4 is 5.56 Å². The van der Waals surface area contributed by atoms with Gasteiger partial charge in [-0.15, -0.1) is 0 Å². The molecule has 3 heterocycles. The molecule has 1 aromatic heterocycles. The molecule has 0 bridgehead atoms. The van der Waals surface area contributed by atoms with E-state index in [0.717, 1.165) is 53.5 Å². The summed E-state index contributed by atoms with van der Waals surface area (Å²) in [5, 5.41) is 10.1. The smallest absolute Gasteiger partial charge is 0.278 e. The van der Waals surface area contributed by atoms with Crippen molar-refractivity contribution in [3.05, 3.63) is 89.1 Å². The average molecular weight is 454 g/mol. The van der Waals surface area contributed by atoms with E-state index in [9.17, 15) is 4.79 Å². The molecule has 0 saturated heterocycles. The molecule has 0 spiro atoms. The molecule has 0 radical (unpaired) electrons. The summed E-state index contributed by atoms with van der Waals surface area (Å²) in [6.07, 6.45) is 9.81. The molecule has 0 amide bonds. The van der Waals surface area contributed by atoms with Gasteiger partial charge < -0.3 is 9.30 Å². The van der Waals surface area contributed by atoms with Gasteiger partial charge in [0.25, 0.3) is 5.56 Å². The third kappa shape index (κ3) is 3.53. The molecule has 172 valence electrons. The fourth-order valence-corrected chi connectivity index (χ4v) is 5.26. The first-order chi connectivity index (χ1) is 16.7. The van der Waals surface area contributed by atoms with Crippen LogP contribution in [0.15, 0.2) is 78.0 Å². The molecule has 2 aromatic carbocycles. The molecule has 2 atom stereocenters. The Morgan fingerprint density at radius 2 is 1.85 bits per heavy atom. The Morgan fingerprint density at radius 3 is 2.65 bits per heavy atom. The van der Waals surface area contributed by atoms with Gasteiger partial charge in [-0.1, -0.05) is 43.2 Å². The number of hydrogen-bond acceptors (Lipinski definition) is 4. The summed E-state index contributed by atoms with van der Waals surface area (Å²) in [5.41, 5.74) is 4.62. The van der Waals surface area contributed by atoms with Gasteiger partial charge in [-0.05, 0) is 42.7 Å². The topological polar surface area (TPSA) is 66.9 Å². The van der Waals surface area contributed by atoms with Gasteiger partial charge in [0, 0.05) is 37.6 Å². The van der Waals surface area contributed by atoms with Crippen LogP contribution in [0.4, 0.5) is 0 Å². The quantitative estimate of drug-likeness (QED) is 0.388. The van der Waals surface area contributed by atoms with E-state index in [2.05, 4.69) is 46.1 Å². The highest BCUT2D eigenvalue weighted by Gasteiger charge is 2.31. The lowest BCUT2D eigenvalue weighted by Gasteiger charge is -2.29. The highest BCUT2D eigenvalue weighted by molar-refractivity contribution is 5.93. The molecule has 0 unspecified atom stereocenters. The van der Waals surface area contributed by atoms with Crippen LogP contribution in [-0.4, -0.2) is 37.3 Å². The molecular formula is C27H27N5O2. The van der Waals surface area contributed by atoms with Gasteiger partial charge in [-0.25, -0.2) is 9.36 Å². The molecule has 2 aliphatic heterocycles. The fourth-order valence-electron chi connectivity index (χ4n) is 5.26. The van der Waals surface area contributed by atoms with Crippen molar-refractivity contribution in [2.45, 2.75) is 44.4 Å². The molecule has 6 rings (SSSR count). The summed E-state index contributed by atoms with van der Waals surface area (Å²) < 4.78 is 11.4. The molecule has 1 saturated carbocycles. The Labute approximate surface area is 197 Å². The van der Waals surface area contributed by atoms with Crippen LogP contribution in [0.3, 0.4) is 0 Å². The Kier molecular flexibility index (Phi) is 5.26. The molecular weight excluding hydrogens is 426 g/mol. The molecule has 7 nitrogen and oxygen atoms in total. The third-order valence-corrected chi connectivity index (χ3v) is 7.00. The first kappa shape index (κ1) is 20.9. The molecule has 3 aliphatic rings. The second-order valence-corrected chi connectivity index (χ2v) is 9.03. The van der Waals surface area contributed by atoms with Crippen LogP contribution in [0.25, 0.3) is 27.8 Å². The van der Waals surface area contributed by atoms with Gasteiger partial charge in [0.05, 0.1) is 28.9 Å². The predicted molar refractivity (Wildman–Crippen MR) is 132 cm³/mol. The zero-order valence-corrected chi connectivity index (χ0v) is 19.2. The van der Waals surface area contributed by atoms with Crippen molar-refractivity contribution < 1.29 is 4.74 Å². The van der Waals surface area contributed by atoms with Gasteiger partial charge in [-0.2, -0.15) is 10.2 Å². The summed E-state index contributed by atoms with van der Waals surface area (Å²) in [6.45, 7) is 0.657. The number of pyridine rings is 1. The fraction of sp³-hybridized carbons (Fsp3) is 0.296. The van der Waals surface area contributed by atoms with E-state index >= 15 is 0 Å². The van der Waals surface area contributed by atoms with Gasteiger partial charge in [0.1, 0.15) is 5.69 Å². The van der Waals surface area contributed by atoms with Crippen LogP contribution in [0.5, 0.6) is 0 Å². The second-order valence-electron chi connectivity index (χ2n) is 9.03. The van der Waals surface area contributed by atoms with E-state index in [1.165, 1.54) is 0 Å². The first-order valence-electron chi connectivity index (χ1n) is 11.8. The number of methoxy groups -OCH3 is 1. The number of fused-ring (bicyclic) bond motifs is 3. The van der Waals surface area contributed by atoms with Crippen LogP contribution >= 0.6 is 0 Å². The van der Waals surface area contributed by atoms with Crippen molar-refractivity contribution in [1.29, 1.82) is 0 Å². The molecule has 1 fully saturated rings. The largest absolute Gasteiger partial charge is 0.379 e. The minimum absolute atomic E-state index is 0.0132. The molecule has 34 heavy (non-hydrogen) atoms. The van der Waals surface area contributed by atoms with E-state index in [1.807, 2.05) is 35.3 Å². The van der Waals surface area contributed by atoms with E-state index < -0.39 is 0 Å². The number of benzene rings is 2. The van der Waals surface area contributed by atoms with Gasteiger partial charge in [-0.3, -0.25) is 4.79 Å². The SMILES string of the molecule is CO[C@H]1CCCC[C@@H]1n1nc2c3ccccc3n(Cc3ccc(-n4cccn4)cc3)cc-2c1=O. The van der Waals surface area contributed by atoms with Crippen molar-refractivity contribution in [3.63, 3.8) is 0 Å². The lowest BCUT2D eigenvalue weighted by molar-refractivity contribution is 0.0236. The minimum Gasteiger partial charge on any atom is -0.379 e. The Hall–Kier alpha value is -3.71. The molecule has 7 heteroatoms.